The number of aliphatic carboxylic acids is 1. The molecule has 7 nitrogen and oxygen atoms in total. The predicted octanol–water partition coefficient (Wildman–Crippen LogP) is 2.35. The van der Waals surface area contributed by atoms with Crippen LogP contribution in [0.1, 0.15) is 25.0 Å². The average molecular weight is 384 g/mol. The van der Waals surface area contributed by atoms with Crippen molar-refractivity contribution in [3.63, 3.8) is 0 Å². The molecule has 0 aliphatic heterocycles. The number of rotatable bonds is 8. The first-order valence-corrected chi connectivity index (χ1v) is 8.76. The smallest absolute Gasteiger partial charge is 0.322 e. The molecule has 0 unspecified atom stereocenters. The van der Waals surface area contributed by atoms with Crippen molar-refractivity contribution in [2.24, 2.45) is 0 Å². The highest BCUT2D eigenvalue weighted by Gasteiger charge is 2.32. The summed E-state index contributed by atoms with van der Waals surface area (Å²) in [5.74, 6) is -1.02. The number of nitrogens with one attached hydrogen (secondary N) is 2. The Bertz CT molecular complexity index is 859. The lowest BCUT2D eigenvalue weighted by Gasteiger charge is -2.26. The van der Waals surface area contributed by atoms with Crippen LogP contribution in [0, 0.1) is 0 Å². The van der Waals surface area contributed by atoms with E-state index in [0.717, 1.165) is 5.56 Å². The molecule has 0 saturated heterocycles. The Morgan fingerprint density at radius 2 is 1.68 bits per heavy atom. The van der Waals surface area contributed by atoms with E-state index in [0.29, 0.717) is 17.0 Å². The number of carbonyl (C=O) groups is 3. The first-order valence-electron chi connectivity index (χ1n) is 8.76. The SMILES string of the molecule is COc1ccccc1C(C)(C)C(=O)Nc1ccc(CC(=O)NCC(=O)O)cc1. The van der Waals surface area contributed by atoms with Crippen LogP contribution in [0.3, 0.4) is 0 Å². The summed E-state index contributed by atoms with van der Waals surface area (Å²) < 4.78 is 5.36. The number of para-hydroxylation sites is 1. The highest BCUT2D eigenvalue weighted by molar-refractivity contribution is 5.99. The van der Waals surface area contributed by atoms with Crippen LogP contribution in [0.5, 0.6) is 5.75 Å². The summed E-state index contributed by atoms with van der Waals surface area (Å²) in [4.78, 5) is 35.0. The Hall–Kier alpha value is -3.35. The Balaban J connectivity index is 2.04. The van der Waals surface area contributed by atoms with E-state index in [1.54, 1.807) is 31.4 Å². The van der Waals surface area contributed by atoms with Crippen molar-refractivity contribution in [1.29, 1.82) is 0 Å². The molecule has 0 bridgehead atoms. The summed E-state index contributed by atoms with van der Waals surface area (Å²) in [6.07, 6.45) is 0.0637. The molecule has 0 spiro atoms. The Morgan fingerprint density at radius 1 is 1.04 bits per heavy atom. The Labute approximate surface area is 163 Å². The van der Waals surface area contributed by atoms with Gasteiger partial charge in [-0.3, -0.25) is 14.4 Å². The summed E-state index contributed by atoms with van der Waals surface area (Å²) in [7, 11) is 1.57. The normalized spacial score (nSPS) is 10.8. The minimum Gasteiger partial charge on any atom is -0.496 e. The fourth-order valence-corrected chi connectivity index (χ4v) is 2.70. The second kappa shape index (κ2) is 9.03. The average Bonchev–Trinajstić information content (AvgIpc) is 2.67. The van der Waals surface area contributed by atoms with E-state index in [1.165, 1.54) is 0 Å². The van der Waals surface area contributed by atoms with Gasteiger partial charge in [-0.15, -0.1) is 0 Å². The van der Waals surface area contributed by atoms with Gasteiger partial charge in [0.05, 0.1) is 18.9 Å². The van der Waals surface area contributed by atoms with Gasteiger partial charge < -0.3 is 20.5 Å². The van der Waals surface area contributed by atoms with E-state index in [4.69, 9.17) is 9.84 Å². The van der Waals surface area contributed by atoms with E-state index >= 15 is 0 Å². The standard InChI is InChI=1S/C21H24N2O5/c1-21(2,16-6-4-5-7-17(16)28-3)20(27)23-15-10-8-14(9-11-15)12-18(24)22-13-19(25)26/h4-11H,12-13H2,1-3H3,(H,22,24)(H,23,27)(H,25,26). The number of carboxylic acids is 1. The number of anilines is 1. The molecule has 2 rings (SSSR count). The van der Waals surface area contributed by atoms with Crippen molar-refractivity contribution >= 4 is 23.5 Å². The summed E-state index contributed by atoms with van der Waals surface area (Å²) in [6, 6.07) is 14.2. The van der Waals surface area contributed by atoms with Crippen LogP contribution < -0.4 is 15.4 Å². The third kappa shape index (κ3) is 5.33. The van der Waals surface area contributed by atoms with Gasteiger partial charge in [-0.05, 0) is 37.6 Å². The number of hydrogen-bond donors (Lipinski definition) is 3. The zero-order valence-electron chi connectivity index (χ0n) is 16.1. The lowest BCUT2D eigenvalue weighted by molar-refractivity contribution is -0.137. The predicted molar refractivity (Wildman–Crippen MR) is 105 cm³/mol. The topological polar surface area (TPSA) is 105 Å². The molecule has 0 heterocycles. The van der Waals surface area contributed by atoms with Crippen molar-refractivity contribution in [3.8, 4) is 5.75 Å². The number of carbonyl (C=O) groups excluding carboxylic acids is 2. The highest BCUT2D eigenvalue weighted by atomic mass is 16.5. The highest BCUT2D eigenvalue weighted by Crippen LogP contribution is 2.32. The molecule has 0 fully saturated rings. The van der Waals surface area contributed by atoms with Crippen LogP contribution in [0.25, 0.3) is 0 Å². The van der Waals surface area contributed by atoms with Crippen LogP contribution in [0.2, 0.25) is 0 Å². The van der Waals surface area contributed by atoms with E-state index in [9.17, 15) is 14.4 Å². The van der Waals surface area contributed by atoms with Crippen molar-refractivity contribution in [2.75, 3.05) is 19.0 Å². The second-order valence-corrected chi connectivity index (χ2v) is 6.82. The van der Waals surface area contributed by atoms with Gasteiger partial charge in [-0.1, -0.05) is 30.3 Å². The maximum atomic E-state index is 12.8. The molecular weight excluding hydrogens is 360 g/mol. The molecule has 2 aromatic carbocycles. The van der Waals surface area contributed by atoms with Crippen LogP contribution in [-0.4, -0.2) is 36.5 Å². The summed E-state index contributed by atoms with van der Waals surface area (Å²) in [5.41, 5.74) is 1.27. The number of amides is 2. The molecule has 0 aliphatic carbocycles. The molecular formula is C21H24N2O5. The van der Waals surface area contributed by atoms with Crippen LogP contribution >= 0.6 is 0 Å². The summed E-state index contributed by atoms with van der Waals surface area (Å²) in [6.45, 7) is 3.23. The summed E-state index contributed by atoms with van der Waals surface area (Å²) >= 11 is 0. The van der Waals surface area contributed by atoms with E-state index in [1.807, 2.05) is 38.1 Å². The van der Waals surface area contributed by atoms with Gasteiger partial charge in [0.15, 0.2) is 0 Å². The van der Waals surface area contributed by atoms with Gasteiger partial charge in [0.25, 0.3) is 0 Å². The minimum absolute atomic E-state index is 0.0637. The first-order chi connectivity index (χ1) is 13.2. The van der Waals surface area contributed by atoms with E-state index < -0.39 is 17.9 Å². The van der Waals surface area contributed by atoms with Crippen LogP contribution in [0.15, 0.2) is 48.5 Å². The number of carboxylic acid groups (broad SMARTS) is 1. The monoisotopic (exact) mass is 384 g/mol. The minimum atomic E-state index is -1.09. The Morgan fingerprint density at radius 3 is 2.29 bits per heavy atom. The molecule has 7 heteroatoms. The summed E-state index contributed by atoms with van der Waals surface area (Å²) in [5, 5.41) is 13.8. The molecule has 0 aliphatic rings. The van der Waals surface area contributed by atoms with Gasteiger partial charge in [-0.25, -0.2) is 0 Å². The molecule has 0 aromatic heterocycles. The molecule has 0 radical (unpaired) electrons. The van der Waals surface area contributed by atoms with Crippen molar-refractivity contribution in [2.45, 2.75) is 25.7 Å². The van der Waals surface area contributed by atoms with Gasteiger partial charge in [-0.2, -0.15) is 0 Å². The lowest BCUT2D eigenvalue weighted by Crippen LogP contribution is -2.35. The molecule has 2 amide bonds. The van der Waals surface area contributed by atoms with E-state index in [-0.39, 0.29) is 18.2 Å². The molecule has 0 atom stereocenters. The van der Waals surface area contributed by atoms with Gasteiger partial charge >= 0.3 is 5.97 Å². The Kier molecular flexibility index (Phi) is 6.76. The molecule has 0 saturated carbocycles. The second-order valence-electron chi connectivity index (χ2n) is 6.82. The van der Waals surface area contributed by atoms with Crippen molar-refractivity contribution in [1.82, 2.24) is 5.32 Å². The third-order valence-electron chi connectivity index (χ3n) is 4.36. The number of hydrogen-bond acceptors (Lipinski definition) is 4. The third-order valence-corrected chi connectivity index (χ3v) is 4.36. The number of ether oxygens (including phenoxy) is 1. The lowest BCUT2D eigenvalue weighted by atomic mass is 9.83. The van der Waals surface area contributed by atoms with Crippen molar-refractivity contribution in [3.05, 3.63) is 59.7 Å². The van der Waals surface area contributed by atoms with E-state index in [2.05, 4.69) is 10.6 Å². The maximum Gasteiger partial charge on any atom is 0.322 e. The van der Waals surface area contributed by atoms with Crippen LogP contribution in [0.4, 0.5) is 5.69 Å². The number of benzene rings is 2. The largest absolute Gasteiger partial charge is 0.496 e. The zero-order valence-corrected chi connectivity index (χ0v) is 16.1. The molecule has 3 N–H and O–H groups in total. The van der Waals surface area contributed by atoms with Gasteiger partial charge in [0.2, 0.25) is 11.8 Å². The van der Waals surface area contributed by atoms with Crippen LogP contribution in [-0.2, 0) is 26.2 Å². The molecule has 148 valence electrons. The fraction of sp³-hybridized carbons (Fsp3) is 0.286. The molecule has 2 aromatic rings. The fourth-order valence-electron chi connectivity index (χ4n) is 2.70. The van der Waals surface area contributed by atoms with Crippen molar-refractivity contribution < 1.29 is 24.2 Å². The van der Waals surface area contributed by atoms with Gasteiger partial charge in [0, 0.05) is 11.3 Å². The maximum absolute atomic E-state index is 12.8. The molecule has 28 heavy (non-hydrogen) atoms. The number of methoxy groups -OCH3 is 1. The van der Waals surface area contributed by atoms with Gasteiger partial charge in [0.1, 0.15) is 12.3 Å². The first kappa shape index (κ1) is 21.0. The zero-order chi connectivity index (χ0) is 20.7. The quantitative estimate of drug-likeness (QED) is 0.648.